The standard InChI is InChI=1S/C11H3Br2N5O2/c12-7-2-11(18(19)20)8(13)1-9(7)17-10(5-16)6(3-14)4-15/h1-2,17H. The molecule has 0 aliphatic carbocycles. The van der Waals surface area contributed by atoms with E-state index in [9.17, 15) is 10.1 Å². The van der Waals surface area contributed by atoms with E-state index in [1.165, 1.54) is 12.1 Å². The van der Waals surface area contributed by atoms with Crippen molar-refractivity contribution in [1.29, 1.82) is 15.8 Å². The highest BCUT2D eigenvalue weighted by Crippen LogP contribution is 2.35. The fourth-order valence-corrected chi connectivity index (χ4v) is 2.11. The number of hydrogen-bond donors (Lipinski definition) is 1. The van der Waals surface area contributed by atoms with Crippen molar-refractivity contribution < 1.29 is 4.92 Å². The zero-order valence-corrected chi connectivity index (χ0v) is 12.7. The molecule has 0 saturated carbocycles. The van der Waals surface area contributed by atoms with Gasteiger partial charge in [0.15, 0.2) is 5.57 Å². The van der Waals surface area contributed by atoms with Crippen LogP contribution in [0.3, 0.4) is 0 Å². The number of nitro benzene ring substituents is 1. The van der Waals surface area contributed by atoms with Crippen molar-refractivity contribution >= 4 is 43.2 Å². The topological polar surface area (TPSA) is 127 Å². The van der Waals surface area contributed by atoms with E-state index in [1.807, 2.05) is 0 Å². The zero-order chi connectivity index (χ0) is 15.3. The molecule has 0 aliphatic rings. The molecule has 20 heavy (non-hydrogen) atoms. The van der Waals surface area contributed by atoms with Gasteiger partial charge in [-0.15, -0.1) is 0 Å². The first-order valence-electron chi connectivity index (χ1n) is 4.79. The molecule has 0 heterocycles. The molecule has 0 saturated heterocycles. The largest absolute Gasteiger partial charge is 0.344 e. The number of nitrogens with one attached hydrogen (secondary N) is 1. The Balaban J connectivity index is 3.32. The van der Waals surface area contributed by atoms with Gasteiger partial charge in [-0.25, -0.2) is 0 Å². The molecule has 0 atom stereocenters. The second-order valence-electron chi connectivity index (χ2n) is 3.25. The lowest BCUT2D eigenvalue weighted by Gasteiger charge is -2.08. The average Bonchev–Trinajstić information content (AvgIpc) is 2.41. The summed E-state index contributed by atoms with van der Waals surface area (Å²) in [5.74, 6) is 0. The Morgan fingerprint density at radius 3 is 2.20 bits per heavy atom. The van der Waals surface area contributed by atoms with Gasteiger partial charge < -0.3 is 5.32 Å². The molecule has 98 valence electrons. The van der Waals surface area contributed by atoms with E-state index in [-0.39, 0.29) is 21.4 Å². The van der Waals surface area contributed by atoms with Crippen molar-refractivity contribution in [2.24, 2.45) is 0 Å². The minimum Gasteiger partial charge on any atom is -0.344 e. The first kappa shape index (κ1) is 15.6. The highest BCUT2D eigenvalue weighted by molar-refractivity contribution is 9.11. The Morgan fingerprint density at radius 1 is 1.15 bits per heavy atom. The molecule has 9 heteroatoms. The molecule has 0 amide bonds. The van der Waals surface area contributed by atoms with E-state index in [0.29, 0.717) is 10.2 Å². The predicted molar refractivity (Wildman–Crippen MR) is 76.0 cm³/mol. The Labute approximate surface area is 130 Å². The van der Waals surface area contributed by atoms with Crippen LogP contribution in [0.2, 0.25) is 0 Å². The molecule has 7 nitrogen and oxygen atoms in total. The number of nitriles is 3. The fourth-order valence-electron chi connectivity index (χ4n) is 1.19. The second kappa shape index (κ2) is 6.67. The third kappa shape index (κ3) is 3.33. The number of allylic oxidation sites excluding steroid dienone is 2. The highest BCUT2D eigenvalue weighted by Gasteiger charge is 2.16. The molecule has 0 spiro atoms. The number of benzene rings is 1. The van der Waals surface area contributed by atoms with Crippen LogP contribution in [-0.2, 0) is 0 Å². The van der Waals surface area contributed by atoms with Crippen LogP contribution in [0.5, 0.6) is 0 Å². The molecular weight excluding hydrogens is 394 g/mol. The van der Waals surface area contributed by atoms with Gasteiger partial charge in [-0.2, -0.15) is 15.8 Å². The molecule has 0 radical (unpaired) electrons. The molecule has 1 rings (SSSR count). The lowest BCUT2D eigenvalue weighted by Crippen LogP contribution is -2.02. The van der Waals surface area contributed by atoms with Crippen molar-refractivity contribution in [3.05, 3.63) is 42.5 Å². The van der Waals surface area contributed by atoms with Gasteiger partial charge in [-0.05, 0) is 37.9 Å². The van der Waals surface area contributed by atoms with Crippen LogP contribution >= 0.6 is 31.9 Å². The summed E-state index contributed by atoms with van der Waals surface area (Å²) in [6.07, 6.45) is 0. The number of nitrogens with zero attached hydrogens (tertiary/aromatic N) is 4. The van der Waals surface area contributed by atoms with Crippen molar-refractivity contribution in [1.82, 2.24) is 0 Å². The summed E-state index contributed by atoms with van der Waals surface area (Å²) in [5, 5.41) is 39.7. The van der Waals surface area contributed by atoms with Crippen molar-refractivity contribution in [3.63, 3.8) is 0 Å². The molecule has 0 bridgehead atoms. The molecule has 1 N–H and O–H groups in total. The number of nitro groups is 1. The highest BCUT2D eigenvalue weighted by atomic mass is 79.9. The second-order valence-corrected chi connectivity index (χ2v) is 4.96. The van der Waals surface area contributed by atoms with Gasteiger partial charge in [-0.3, -0.25) is 10.1 Å². The van der Waals surface area contributed by atoms with Crippen molar-refractivity contribution in [2.45, 2.75) is 0 Å². The van der Waals surface area contributed by atoms with E-state index in [0.717, 1.165) is 0 Å². The number of anilines is 1. The maximum Gasteiger partial charge on any atom is 0.284 e. The van der Waals surface area contributed by atoms with Crippen LogP contribution in [0.15, 0.2) is 32.3 Å². The molecule has 0 aliphatic heterocycles. The maximum atomic E-state index is 10.8. The Hall–Kier alpha value is -2.41. The number of rotatable bonds is 3. The summed E-state index contributed by atoms with van der Waals surface area (Å²) in [5.41, 5.74) is -0.474. The number of hydrogen-bond acceptors (Lipinski definition) is 6. The summed E-state index contributed by atoms with van der Waals surface area (Å²) in [4.78, 5) is 10.2. The van der Waals surface area contributed by atoms with Gasteiger partial charge in [0.2, 0.25) is 0 Å². The minimum atomic E-state index is -0.574. The fraction of sp³-hybridized carbons (Fsp3) is 0. The molecule has 1 aromatic carbocycles. The van der Waals surface area contributed by atoms with Crippen LogP contribution in [0.1, 0.15) is 0 Å². The quantitative estimate of drug-likeness (QED) is 0.474. The van der Waals surface area contributed by atoms with E-state index < -0.39 is 4.92 Å². The van der Waals surface area contributed by atoms with E-state index in [1.54, 1.807) is 18.2 Å². The lowest BCUT2D eigenvalue weighted by atomic mass is 10.2. The average molecular weight is 397 g/mol. The van der Waals surface area contributed by atoms with Gasteiger partial charge in [0.1, 0.15) is 23.9 Å². The van der Waals surface area contributed by atoms with Gasteiger partial charge in [0.25, 0.3) is 5.69 Å². The monoisotopic (exact) mass is 395 g/mol. The first-order chi connectivity index (χ1) is 9.44. The van der Waals surface area contributed by atoms with Gasteiger partial charge in [0.05, 0.1) is 15.1 Å². The van der Waals surface area contributed by atoms with E-state index in [4.69, 9.17) is 15.8 Å². The van der Waals surface area contributed by atoms with E-state index in [2.05, 4.69) is 37.2 Å². The van der Waals surface area contributed by atoms with Gasteiger partial charge in [0, 0.05) is 10.5 Å². The summed E-state index contributed by atoms with van der Waals surface area (Å²) in [7, 11) is 0. The summed E-state index contributed by atoms with van der Waals surface area (Å²) in [6.45, 7) is 0. The van der Waals surface area contributed by atoms with Crippen LogP contribution in [0, 0.1) is 44.1 Å². The van der Waals surface area contributed by atoms with Gasteiger partial charge >= 0.3 is 0 Å². The summed E-state index contributed by atoms with van der Waals surface area (Å²) in [6, 6.07) is 7.46. The zero-order valence-electron chi connectivity index (χ0n) is 9.52. The number of halogens is 2. The first-order valence-corrected chi connectivity index (χ1v) is 6.38. The Bertz CT molecular complexity index is 721. The SMILES string of the molecule is N#CC(C#N)=C(C#N)Nc1cc(Br)c([N+](=O)[O-])cc1Br. The van der Waals surface area contributed by atoms with Crippen LogP contribution in [0.4, 0.5) is 11.4 Å². The maximum absolute atomic E-state index is 10.8. The normalized spacial score (nSPS) is 8.75. The van der Waals surface area contributed by atoms with Crippen LogP contribution in [-0.4, -0.2) is 4.92 Å². The third-order valence-corrected chi connectivity index (χ3v) is 3.37. The summed E-state index contributed by atoms with van der Waals surface area (Å²) >= 11 is 6.15. The summed E-state index contributed by atoms with van der Waals surface area (Å²) < 4.78 is 0.510. The predicted octanol–water partition coefficient (Wildman–Crippen LogP) is 3.36. The van der Waals surface area contributed by atoms with E-state index >= 15 is 0 Å². The molecular formula is C11H3Br2N5O2. The molecule has 0 aromatic heterocycles. The lowest BCUT2D eigenvalue weighted by molar-refractivity contribution is -0.385. The smallest absolute Gasteiger partial charge is 0.284 e. The van der Waals surface area contributed by atoms with Crippen molar-refractivity contribution in [2.75, 3.05) is 5.32 Å². The minimum absolute atomic E-state index is 0.161. The Morgan fingerprint density at radius 2 is 1.75 bits per heavy atom. The van der Waals surface area contributed by atoms with Gasteiger partial charge in [-0.1, -0.05) is 0 Å². The Kier molecular flexibility index (Phi) is 5.22. The van der Waals surface area contributed by atoms with Crippen LogP contribution < -0.4 is 5.32 Å². The van der Waals surface area contributed by atoms with Crippen molar-refractivity contribution in [3.8, 4) is 18.2 Å². The molecule has 0 fully saturated rings. The molecule has 0 unspecified atom stereocenters. The molecule has 1 aromatic rings. The van der Waals surface area contributed by atoms with Crippen LogP contribution in [0.25, 0.3) is 0 Å². The third-order valence-electron chi connectivity index (χ3n) is 2.08.